The van der Waals surface area contributed by atoms with E-state index in [4.69, 9.17) is 4.74 Å². The maximum atomic E-state index is 12.1. The molecule has 5 nitrogen and oxygen atoms in total. The van der Waals surface area contributed by atoms with Gasteiger partial charge in [0.2, 0.25) is 5.91 Å². The number of likely N-dealkylation sites (tertiary alicyclic amines) is 1. The van der Waals surface area contributed by atoms with Gasteiger partial charge in [0, 0.05) is 64.9 Å². The molecular formula is C20H39N3O2. The summed E-state index contributed by atoms with van der Waals surface area (Å²) >= 11 is 0. The largest absolute Gasteiger partial charge is 0.383 e. The van der Waals surface area contributed by atoms with Gasteiger partial charge in [0.25, 0.3) is 0 Å². The summed E-state index contributed by atoms with van der Waals surface area (Å²) < 4.78 is 5.51. The van der Waals surface area contributed by atoms with Gasteiger partial charge in [-0.1, -0.05) is 27.7 Å². The molecule has 0 aromatic heterocycles. The average molecular weight is 354 g/mol. The molecule has 0 spiro atoms. The van der Waals surface area contributed by atoms with Crippen molar-refractivity contribution in [2.75, 3.05) is 59.5 Å². The van der Waals surface area contributed by atoms with Gasteiger partial charge in [0.05, 0.1) is 6.61 Å². The third-order valence-corrected chi connectivity index (χ3v) is 5.58. The second kappa shape index (κ2) is 9.89. The first-order chi connectivity index (χ1) is 11.9. The quantitative estimate of drug-likeness (QED) is 0.703. The highest BCUT2D eigenvalue weighted by molar-refractivity contribution is 5.78. The van der Waals surface area contributed by atoms with Gasteiger partial charge in [-0.05, 0) is 24.7 Å². The lowest BCUT2D eigenvalue weighted by atomic mass is 9.94. The van der Waals surface area contributed by atoms with Crippen molar-refractivity contribution in [1.82, 2.24) is 14.7 Å². The Bertz CT molecular complexity index is 406. The number of hydrogen-bond donors (Lipinski definition) is 0. The SMILES string of the molecule is COCC1CN(CC(C)C)CCN1CC1CCN(C(=O)C(C)C)CC1. The monoisotopic (exact) mass is 353 g/mol. The van der Waals surface area contributed by atoms with Crippen molar-refractivity contribution in [3.63, 3.8) is 0 Å². The van der Waals surface area contributed by atoms with Crippen molar-refractivity contribution in [1.29, 1.82) is 0 Å². The predicted octanol–water partition coefficient (Wildman–Crippen LogP) is 2.17. The topological polar surface area (TPSA) is 36.0 Å². The molecular weight excluding hydrogens is 314 g/mol. The number of hydrogen-bond acceptors (Lipinski definition) is 4. The van der Waals surface area contributed by atoms with Crippen LogP contribution in [0, 0.1) is 17.8 Å². The third kappa shape index (κ3) is 6.22. The van der Waals surface area contributed by atoms with E-state index in [1.54, 1.807) is 0 Å². The van der Waals surface area contributed by atoms with Crippen molar-refractivity contribution >= 4 is 5.91 Å². The number of rotatable bonds is 7. The maximum absolute atomic E-state index is 12.1. The number of carbonyl (C=O) groups is 1. The zero-order chi connectivity index (χ0) is 18.4. The molecule has 1 amide bonds. The van der Waals surface area contributed by atoms with E-state index in [0.29, 0.717) is 17.9 Å². The highest BCUT2D eigenvalue weighted by Gasteiger charge is 2.31. The van der Waals surface area contributed by atoms with Crippen LogP contribution in [0.1, 0.15) is 40.5 Å². The Kier molecular flexibility index (Phi) is 8.17. The molecule has 146 valence electrons. The summed E-state index contributed by atoms with van der Waals surface area (Å²) in [5.74, 6) is 1.87. The van der Waals surface area contributed by atoms with Crippen LogP contribution in [0.4, 0.5) is 0 Å². The molecule has 0 bridgehead atoms. The van der Waals surface area contributed by atoms with Crippen LogP contribution in [0.2, 0.25) is 0 Å². The Morgan fingerprint density at radius 1 is 1.08 bits per heavy atom. The standard InChI is InChI=1S/C20H39N3O2/c1-16(2)12-21-10-11-23(19(14-21)15-25-5)13-18-6-8-22(9-7-18)20(24)17(3)4/h16-19H,6-15H2,1-5H3. The van der Waals surface area contributed by atoms with E-state index in [2.05, 4.69) is 28.5 Å². The Hall–Kier alpha value is -0.650. The molecule has 0 aromatic carbocycles. The van der Waals surface area contributed by atoms with Crippen LogP contribution in [0.25, 0.3) is 0 Å². The zero-order valence-corrected chi connectivity index (χ0v) is 17.0. The van der Waals surface area contributed by atoms with Crippen LogP contribution < -0.4 is 0 Å². The highest BCUT2D eigenvalue weighted by atomic mass is 16.5. The number of amides is 1. The Labute approximate surface area is 154 Å². The fourth-order valence-corrected chi connectivity index (χ4v) is 4.26. The summed E-state index contributed by atoms with van der Waals surface area (Å²) in [6, 6.07) is 0.507. The minimum absolute atomic E-state index is 0.122. The van der Waals surface area contributed by atoms with Crippen molar-refractivity contribution in [2.24, 2.45) is 17.8 Å². The van der Waals surface area contributed by atoms with Gasteiger partial charge in [0.15, 0.2) is 0 Å². The van der Waals surface area contributed by atoms with Gasteiger partial charge < -0.3 is 14.5 Å². The summed E-state index contributed by atoms with van der Waals surface area (Å²) in [6.07, 6.45) is 2.29. The van der Waals surface area contributed by atoms with E-state index in [1.807, 2.05) is 21.0 Å². The minimum Gasteiger partial charge on any atom is -0.383 e. The van der Waals surface area contributed by atoms with Gasteiger partial charge in [0.1, 0.15) is 0 Å². The summed E-state index contributed by atoms with van der Waals surface area (Å²) in [7, 11) is 1.82. The lowest BCUT2D eigenvalue weighted by Crippen LogP contribution is -2.57. The molecule has 5 heteroatoms. The Morgan fingerprint density at radius 3 is 2.32 bits per heavy atom. The molecule has 2 aliphatic rings. The molecule has 2 fully saturated rings. The molecule has 1 atom stereocenters. The first-order valence-corrected chi connectivity index (χ1v) is 10.1. The van der Waals surface area contributed by atoms with Crippen molar-refractivity contribution in [3.05, 3.63) is 0 Å². The first kappa shape index (κ1) is 20.7. The number of ether oxygens (including phenoxy) is 1. The van der Waals surface area contributed by atoms with E-state index in [1.165, 1.54) is 13.1 Å². The number of piperidine rings is 1. The van der Waals surface area contributed by atoms with Gasteiger partial charge >= 0.3 is 0 Å². The van der Waals surface area contributed by atoms with Gasteiger partial charge in [-0.3, -0.25) is 9.69 Å². The smallest absolute Gasteiger partial charge is 0.225 e. The Balaban J connectivity index is 1.82. The van der Waals surface area contributed by atoms with Crippen LogP contribution in [0.3, 0.4) is 0 Å². The van der Waals surface area contributed by atoms with Crippen LogP contribution in [-0.2, 0) is 9.53 Å². The third-order valence-electron chi connectivity index (χ3n) is 5.58. The van der Waals surface area contributed by atoms with Crippen LogP contribution in [0.5, 0.6) is 0 Å². The summed E-state index contributed by atoms with van der Waals surface area (Å²) in [5, 5.41) is 0. The number of nitrogens with zero attached hydrogens (tertiary/aromatic N) is 3. The first-order valence-electron chi connectivity index (χ1n) is 10.1. The molecule has 0 saturated carbocycles. The minimum atomic E-state index is 0.122. The van der Waals surface area contributed by atoms with Crippen LogP contribution in [-0.4, -0.2) is 86.2 Å². The second-order valence-corrected chi connectivity index (χ2v) is 8.68. The number of carbonyl (C=O) groups excluding carboxylic acids is 1. The van der Waals surface area contributed by atoms with Gasteiger partial charge in [-0.2, -0.15) is 0 Å². The van der Waals surface area contributed by atoms with Crippen LogP contribution >= 0.6 is 0 Å². The maximum Gasteiger partial charge on any atom is 0.225 e. The summed E-state index contributed by atoms with van der Waals surface area (Å²) in [6.45, 7) is 17.1. The van der Waals surface area contributed by atoms with Crippen LogP contribution in [0.15, 0.2) is 0 Å². The molecule has 0 radical (unpaired) electrons. The fourth-order valence-electron chi connectivity index (χ4n) is 4.26. The predicted molar refractivity (Wildman–Crippen MR) is 103 cm³/mol. The van der Waals surface area contributed by atoms with Crippen molar-refractivity contribution in [3.8, 4) is 0 Å². The fraction of sp³-hybridized carbons (Fsp3) is 0.950. The molecule has 2 aliphatic heterocycles. The molecule has 25 heavy (non-hydrogen) atoms. The second-order valence-electron chi connectivity index (χ2n) is 8.68. The van der Waals surface area contributed by atoms with Crippen molar-refractivity contribution < 1.29 is 9.53 Å². The molecule has 2 rings (SSSR count). The number of piperazine rings is 1. The summed E-state index contributed by atoms with van der Waals surface area (Å²) in [4.78, 5) is 19.4. The zero-order valence-electron chi connectivity index (χ0n) is 17.0. The lowest BCUT2D eigenvalue weighted by Gasteiger charge is -2.44. The number of methoxy groups -OCH3 is 1. The van der Waals surface area contributed by atoms with Crippen molar-refractivity contribution in [2.45, 2.75) is 46.6 Å². The normalized spacial score (nSPS) is 24.4. The van der Waals surface area contributed by atoms with E-state index in [-0.39, 0.29) is 5.92 Å². The molecule has 1 unspecified atom stereocenters. The highest BCUT2D eigenvalue weighted by Crippen LogP contribution is 2.22. The molecule has 0 N–H and O–H groups in total. The lowest BCUT2D eigenvalue weighted by molar-refractivity contribution is -0.136. The van der Waals surface area contributed by atoms with Gasteiger partial charge in [-0.15, -0.1) is 0 Å². The molecule has 2 saturated heterocycles. The summed E-state index contributed by atoms with van der Waals surface area (Å²) in [5.41, 5.74) is 0. The molecule has 0 aromatic rings. The average Bonchev–Trinajstić information content (AvgIpc) is 2.57. The van der Waals surface area contributed by atoms with E-state index in [9.17, 15) is 4.79 Å². The molecule has 0 aliphatic carbocycles. The van der Waals surface area contributed by atoms with E-state index in [0.717, 1.165) is 58.1 Å². The van der Waals surface area contributed by atoms with E-state index < -0.39 is 0 Å². The van der Waals surface area contributed by atoms with E-state index >= 15 is 0 Å². The Morgan fingerprint density at radius 2 is 1.76 bits per heavy atom. The molecule has 2 heterocycles. The van der Waals surface area contributed by atoms with Gasteiger partial charge in [-0.25, -0.2) is 0 Å².